The van der Waals surface area contributed by atoms with Crippen LogP contribution in [0.25, 0.3) is 0 Å². The summed E-state index contributed by atoms with van der Waals surface area (Å²) in [5.41, 5.74) is 2.07. The second-order valence-electron chi connectivity index (χ2n) is 5.71. The third-order valence-corrected chi connectivity index (χ3v) is 4.15. The number of carbonyl (C=O) groups is 1. The number of hydrogen-bond donors (Lipinski definition) is 1. The van der Waals surface area contributed by atoms with E-state index in [9.17, 15) is 4.79 Å². The van der Waals surface area contributed by atoms with Crippen molar-refractivity contribution in [2.75, 3.05) is 19.9 Å². The van der Waals surface area contributed by atoms with Crippen LogP contribution in [-0.2, 0) is 11.2 Å². The summed E-state index contributed by atoms with van der Waals surface area (Å²) in [6, 6.07) is 13.6. The van der Waals surface area contributed by atoms with Crippen LogP contribution in [0.1, 0.15) is 17.0 Å². The van der Waals surface area contributed by atoms with Gasteiger partial charge in [-0.2, -0.15) is 0 Å². The predicted molar refractivity (Wildman–Crippen MR) is 84.0 cm³/mol. The Morgan fingerprint density at radius 3 is 2.87 bits per heavy atom. The van der Waals surface area contributed by atoms with E-state index in [-0.39, 0.29) is 18.6 Å². The molecule has 118 valence electrons. The van der Waals surface area contributed by atoms with E-state index in [1.165, 1.54) is 0 Å². The number of nitrogens with one attached hydrogen (secondary N) is 1. The number of rotatable bonds is 4. The second-order valence-corrected chi connectivity index (χ2v) is 5.71. The molecule has 0 spiro atoms. The molecule has 0 aromatic heterocycles. The molecule has 4 rings (SSSR count). The minimum absolute atomic E-state index is 0.00625. The molecule has 2 aromatic rings. The standard InChI is InChI=1S/C18H17NO4/c20-18(8-12-5-6-16-17(7-12)23-11-22-16)19-9-13-10-21-15-4-2-1-3-14(13)15/h1-7,13H,8-11H2,(H,19,20)/t13-/m0/s1. The van der Waals surface area contributed by atoms with E-state index in [4.69, 9.17) is 14.2 Å². The van der Waals surface area contributed by atoms with Gasteiger partial charge in [0.25, 0.3) is 0 Å². The van der Waals surface area contributed by atoms with Gasteiger partial charge in [-0.3, -0.25) is 4.79 Å². The highest BCUT2D eigenvalue weighted by atomic mass is 16.7. The van der Waals surface area contributed by atoms with Gasteiger partial charge in [-0.1, -0.05) is 24.3 Å². The van der Waals surface area contributed by atoms with Crippen LogP contribution in [0.2, 0.25) is 0 Å². The Balaban J connectivity index is 1.34. The predicted octanol–water partition coefficient (Wildman–Crippen LogP) is 2.25. The number of fused-ring (bicyclic) bond motifs is 2. The highest BCUT2D eigenvalue weighted by Gasteiger charge is 2.24. The number of carbonyl (C=O) groups excluding carboxylic acids is 1. The monoisotopic (exact) mass is 311 g/mol. The molecule has 2 aromatic carbocycles. The molecule has 0 fully saturated rings. The van der Waals surface area contributed by atoms with E-state index >= 15 is 0 Å². The third kappa shape index (κ3) is 2.82. The molecule has 2 aliphatic heterocycles. The van der Waals surface area contributed by atoms with Crippen LogP contribution in [0.15, 0.2) is 42.5 Å². The minimum atomic E-state index is -0.00625. The van der Waals surface area contributed by atoms with Crippen LogP contribution in [0.5, 0.6) is 17.2 Å². The first-order valence-corrected chi connectivity index (χ1v) is 7.66. The minimum Gasteiger partial charge on any atom is -0.493 e. The zero-order chi connectivity index (χ0) is 15.6. The molecule has 0 unspecified atom stereocenters. The molecule has 5 nitrogen and oxygen atoms in total. The highest BCUT2D eigenvalue weighted by molar-refractivity contribution is 5.79. The lowest BCUT2D eigenvalue weighted by Gasteiger charge is -2.11. The molecule has 1 amide bonds. The summed E-state index contributed by atoms with van der Waals surface area (Å²) >= 11 is 0. The maximum Gasteiger partial charge on any atom is 0.231 e. The fourth-order valence-electron chi connectivity index (χ4n) is 2.93. The molecule has 0 bridgehead atoms. The molecule has 5 heteroatoms. The van der Waals surface area contributed by atoms with Crippen molar-refractivity contribution in [2.24, 2.45) is 0 Å². The molecule has 0 radical (unpaired) electrons. The normalized spacial score (nSPS) is 17.5. The lowest BCUT2D eigenvalue weighted by Crippen LogP contribution is -2.30. The molecule has 0 saturated heterocycles. The first-order chi connectivity index (χ1) is 11.3. The molecule has 0 aliphatic carbocycles. The molecule has 2 aliphatic rings. The number of para-hydroxylation sites is 1. The quantitative estimate of drug-likeness (QED) is 0.941. The molecular formula is C18H17NO4. The van der Waals surface area contributed by atoms with Crippen LogP contribution in [0, 0.1) is 0 Å². The number of benzene rings is 2. The van der Waals surface area contributed by atoms with E-state index in [0.717, 1.165) is 22.6 Å². The fourth-order valence-corrected chi connectivity index (χ4v) is 2.93. The Hall–Kier alpha value is -2.69. The summed E-state index contributed by atoms with van der Waals surface area (Å²) < 4.78 is 16.2. The molecular weight excluding hydrogens is 294 g/mol. The summed E-state index contributed by atoms with van der Waals surface area (Å²) in [5, 5.41) is 2.99. The lowest BCUT2D eigenvalue weighted by atomic mass is 10.0. The Morgan fingerprint density at radius 2 is 1.91 bits per heavy atom. The van der Waals surface area contributed by atoms with Gasteiger partial charge in [-0.15, -0.1) is 0 Å². The van der Waals surface area contributed by atoms with Gasteiger partial charge in [0.05, 0.1) is 13.0 Å². The van der Waals surface area contributed by atoms with Crippen LogP contribution >= 0.6 is 0 Å². The zero-order valence-corrected chi connectivity index (χ0v) is 12.6. The van der Waals surface area contributed by atoms with Crippen molar-refractivity contribution >= 4 is 5.91 Å². The van der Waals surface area contributed by atoms with E-state index in [2.05, 4.69) is 11.4 Å². The van der Waals surface area contributed by atoms with Crippen LogP contribution in [-0.4, -0.2) is 25.9 Å². The topological polar surface area (TPSA) is 56.8 Å². The molecule has 23 heavy (non-hydrogen) atoms. The van der Waals surface area contributed by atoms with Crippen molar-refractivity contribution in [1.29, 1.82) is 0 Å². The van der Waals surface area contributed by atoms with Gasteiger partial charge in [0.1, 0.15) is 5.75 Å². The number of amides is 1. The SMILES string of the molecule is O=C(Cc1ccc2c(c1)OCO2)NC[C@H]1COc2ccccc21. The van der Waals surface area contributed by atoms with Gasteiger partial charge in [0, 0.05) is 18.0 Å². The van der Waals surface area contributed by atoms with Gasteiger partial charge in [0.15, 0.2) is 11.5 Å². The third-order valence-electron chi connectivity index (χ3n) is 4.15. The van der Waals surface area contributed by atoms with Crippen LogP contribution in [0.4, 0.5) is 0 Å². The Labute approximate surface area is 134 Å². The molecule has 2 heterocycles. The molecule has 0 saturated carbocycles. The van der Waals surface area contributed by atoms with Gasteiger partial charge in [0.2, 0.25) is 12.7 Å². The van der Waals surface area contributed by atoms with Gasteiger partial charge >= 0.3 is 0 Å². The highest BCUT2D eigenvalue weighted by Crippen LogP contribution is 2.33. The van der Waals surface area contributed by atoms with Crippen molar-refractivity contribution in [3.05, 3.63) is 53.6 Å². The lowest BCUT2D eigenvalue weighted by molar-refractivity contribution is -0.120. The summed E-state index contributed by atoms with van der Waals surface area (Å²) in [7, 11) is 0. The van der Waals surface area contributed by atoms with Crippen molar-refractivity contribution in [2.45, 2.75) is 12.3 Å². The largest absolute Gasteiger partial charge is 0.493 e. The summed E-state index contributed by atoms with van der Waals surface area (Å²) in [4.78, 5) is 12.2. The van der Waals surface area contributed by atoms with Crippen molar-refractivity contribution in [3.8, 4) is 17.2 Å². The van der Waals surface area contributed by atoms with Crippen LogP contribution in [0.3, 0.4) is 0 Å². The van der Waals surface area contributed by atoms with Crippen molar-refractivity contribution in [1.82, 2.24) is 5.32 Å². The Kier molecular flexibility index (Phi) is 3.54. The summed E-state index contributed by atoms with van der Waals surface area (Å²) in [5.74, 6) is 2.56. The smallest absolute Gasteiger partial charge is 0.231 e. The first-order valence-electron chi connectivity index (χ1n) is 7.66. The second kappa shape index (κ2) is 5.83. The molecule has 1 atom stereocenters. The maximum atomic E-state index is 12.2. The van der Waals surface area contributed by atoms with Gasteiger partial charge in [-0.25, -0.2) is 0 Å². The Morgan fingerprint density at radius 1 is 1.04 bits per heavy atom. The Bertz CT molecular complexity index is 744. The van der Waals surface area contributed by atoms with Gasteiger partial charge < -0.3 is 19.5 Å². The van der Waals surface area contributed by atoms with Gasteiger partial charge in [-0.05, 0) is 23.8 Å². The van der Waals surface area contributed by atoms with Crippen molar-refractivity contribution in [3.63, 3.8) is 0 Å². The average Bonchev–Trinajstić information content (AvgIpc) is 3.19. The van der Waals surface area contributed by atoms with E-state index in [1.54, 1.807) is 0 Å². The average molecular weight is 311 g/mol. The van der Waals surface area contributed by atoms with E-state index in [0.29, 0.717) is 25.3 Å². The maximum absolute atomic E-state index is 12.2. The molecule has 1 N–H and O–H groups in total. The fraction of sp³-hybridized carbons (Fsp3) is 0.278. The van der Waals surface area contributed by atoms with E-state index in [1.807, 2.05) is 36.4 Å². The van der Waals surface area contributed by atoms with Crippen molar-refractivity contribution < 1.29 is 19.0 Å². The number of hydrogen-bond acceptors (Lipinski definition) is 4. The summed E-state index contributed by atoms with van der Waals surface area (Å²) in [6.07, 6.45) is 0.325. The zero-order valence-electron chi connectivity index (χ0n) is 12.6. The van der Waals surface area contributed by atoms with Crippen LogP contribution < -0.4 is 19.5 Å². The number of ether oxygens (including phenoxy) is 3. The first kappa shape index (κ1) is 13.9. The summed E-state index contributed by atoms with van der Waals surface area (Å²) in [6.45, 7) is 1.44. The van der Waals surface area contributed by atoms with E-state index < -0.39 is 0 Å².